The highest BCUT2D eigenvalue weighted by Gasteiger charge is 2.13. The van der Waals surface area contributed by atoms with Gasteiger partial charge in [-0.15, -0.1) is 0 Å². The number of urea groups is 1. The number of nitrogens with zero attached hydrogens (tertiary/aromatic N) is 2. The van der Waals surface area contributed by atoms with Gasteiger partial charge in [-0.25, -0.2) is 9.78 Å². The lowest BCUT2D eigenvalue weighted by atomic mass is 10.1. The summed E-state index contributed by atoms with van der Waals surface area (Å²) in [4.78, 5) is 19.0. The molecule has 0 spiro atoms. The molecule has 1 aromatic heterocycles. The molecule has 0 aliphatic heterocycles. The van der Waals surface area contributed by atoms with Crippen LogP contribution in [0.3, 0.4) is 0 Å². The van der Waals surface area contributed by atoms with E-state index in [4.69, 9.17) is 0 Å². The third-order valence-electron chi connectivity index (χ3n) is 4.56. The monoisotopic (exact) mass is 391 g/mol. The minimum absolute atomic E-state index is 0.0440. The van der Waals surface area contributed by atoms with Crippen molar-refractivity contribution in [3.8, 4) is 0 Å². The molecule has 0 bridgehead atoms. The third-order valence-corrected chi connectivity index (χ3v) is 4.56. The fourth-order valence-electron chi connectivity index (χ4n) is 3.27. The fraction of sp³-hybridized carbons (Fsp3) is 0.304. The summed E-state index contributed by atoms with van der Waals surface area (Å²) < 4.78 is 0. The molecule has 0 fully saturated rings. The maximum absolute atomic E-state index is 12.3. The molecule has 0 saturated carbocycles. The number of rotatable bonds is 9. The Morgan fingerprint density at radius 1 is 0.966 bits per heavy atom. The number of nitrogens with one attached hydrogen (secondary N) is 3. The molecule has 3 aromatic rings. The van der Waals surface area contributed by atoms with Crippen molar-refractivity contribution >= 4 is 22.8 Å². The number of carbonyl (C=O) groups is 1. The van der Waals surface area contributed by atoms with Crippen molar-refractivity contribution in [2.24, 2.45) is 0 Å². The summed E-state index contributed by atoms with van der Waals surface area (Å²) in [6, 6.07) is 22.1. The lowest BCUT2D eigenvalue weighted by Gasteiger charge is -2.23. The van der Waals surface area contributed by atoms with Gasteiger partial charge in [-0.05, 0) is 44.3 Å². The molecule has 6 nitrogen and oxygen atoms in total. The van der Waals surface area contributed by atoms with Crippen LogP contribution < -0.4 is 16.0 Å². The largest absolute Gasteiger partial charge is 0.368 e. The number of aromatic nitrogens is 1. The van der Waals surface area contributed by atoms with Crippen LogP contribution in [0.4, 0.5) is 10.6 Å². The summed E-state index contributed by atoms with van der Waals surface area (Å²) in [6.45, 7) is 1.90. The molecule has 3 rings (SSSR count). The Labute approximate surface area is 172 Å². The molecular formula is C23H29N5O. The van der Waals surface area contributed by atoms with E-state index in [-0.39, 0.29) is 12.1 Å². The van der Waals surface area contributed by atoms with Crippen molar-refractivity contribution in [1.29, 1.82) is 0 Å². The van der Waals surface area contributed by atoms with E-state index in [0.717, 1.165) is 29.7 Å². The molecule has 2 aromatic carbocycles. The second kappa shape index (κ2) is 10.4. The number of pyridine rings is 1. The van der Waals surface area contributed by atoms with Crippen molar-refractivity contribution in [1.82, 2.24) is 20.5 Å². The highest BCUT2D eigenvalue weighted by atomic mass is 16.2. The maximum Gasteiger partial charge on any atom is 0.315 e. The fourth-order valence-corrected chi connectivity index (χ4v) is 3.27. The Morgan fingerprint density at radius 3 is 2.52 bits per heavy atom. The highest BCUT2D eigenvalue weighted by Crippen LogP contribution is 2.14. The number of likely N-dealkylation sites (N-methyl/N-ethyl adjacent to an activating group) is 1. The van der Waals surface area contributed by atoms with E-state index in [9.17, 15) is 4.79 Å². The van der Waals surface area contributed by atoms with E-state index in [0.29, 0.717) is 13.1 Å². The first kappa shape index (κ1) is 20.6. The van der Waals surface area contributed by atoms with Crippen LogP contribution in [0.25, 0.3) is 10.9 Å². The van der Waals surface area contributed by atoms with Gasteiger partial charge in [0.05, 0.1) is 5.52 Å². The van der Waals surface area contributed by atoms with Gasteiger partial charge < -0.3 is 20.9 Å². The molecule has 1 heterocycles. The van der Waals surface area contributed by atoms with Gasteiger partial charge in [-0.1, -0.05) is 48.5 Å². The van der Waals surface area contributed by atoms with Gasteiger partial charge in [0.2, 0.25) is 0 Å². The van der Waals surface area contributed by atoms with Gasteiger partial charge in [-0.2, -0.15) is 0 Å². The van der Waals surface area contributed by atoms with Crippen LogP contribution in [0, 0.1) is 0 Å². The molecule has 29 heavy (non-hydrogen) atoms. The van der Waals surface area contributed by atoms with Gasteiger partial charge in [0.25, 0.3) is 0 Å². The van der Waals surface area contributed by atoms with Crippen LogP contribution in [0.2, 0.25) is 0 Å². The SMILES string of the molecule is CN(C)CC(Cc1ccccc1)NC(=O)NCCNc1ccc2ccccc2n1. The lowest BCUT2D eigenvalue weighted by Crippen LogP contribution is -2.48. The van der Waals surface area contributed by atoms with E-state index in [1.807, 2.05) is 68.7 Å². The molecule has 6 heteroatoms. The number of para-hydroxylation sites is 1. The number of anilines is 1. The van der Waals surface area contributed by atoms with Crippen molar-refractivity contribution in [3.05, 3.63) is 72.3 Å². The summed E-state index contributed by atoms with van der Waals surface area (Å²) in [5, 5.41) is 10.4. The molecule has 0 saturated heterocycles. The zero-order chi connectivity index (χ0) is 20.5. The molecule has 1 atom stereocenters. The lowest BCUT2D eigenvalue weighted by molar-refractivity contribution is 0.233. The second-order valence-corrected chi connectivity index (χ2v) is 7.37. The first-order valence-electron chi connectivity index (χ1n) is 9.93. The zero-order valence-corrected chi connectivity index (χ0v) is 17.1. The van der Waals surface area contributed by atoms with E-state index in [1.54, 1.807) is 0 Å². The van der Waals surface area contributed by atoms with Crippen LogP contribution in [0.5, 0.6) is 0 Å². The summed E-state index contributed by atoms with van der Waals surface area (Å²) >= 11 is 0. The van der Waals surface area contributed by atoms with Gasteiger partial charge in [0.1, 0.15) is 5.82 Å². The normalized spacial score (nSPS) is 12.0. The first-order chi connectivity index (χ1) is 14.1. The van der Waals surface area contributed by atoms with Gasteiger partial charge in [0.15, 0.2) is 0 Å². The predicted molar refractivity (Wildman–Crippen MR) is 119 cm³/mol. The van der Waals surface area contributed by atoms with Crippen molar-refractivity contribution < 1.29 is 4.79 Å². The second-order valence-electron chi connectivity index (χ2n) is 7.37. The third kappa shape index (κ3) is 6.76. The van der Waals surface area contributed by atoms with E-state index in [1.165, 1.54) is 5.56 Å². The van der Waals surface area contributed by atoms with Crippen LogP contribution in [0.15, 0.2) is 66.7 Å². The van der Waals surface area contributed by atoms with Crippen LogP contribution in [-0.4, -0.2) is 55.7 Å². The molecule has 0 aliphatic rings. The zero-order valence-electron chi connectivity index (χ0n) is 17.1. The molecular weight excluding hydrogens is 362 g/mol. The molecule has 152 valence electrons. The number of benzene rings is 2. The van der Waals surface area contributed by atoms with Gasteiger partial charge >= 0.3 is 6.03 Å². The maximum atomic E-state index is 12.3. The smallest absolute Gasteiger partial charge is 0.315 e. The quantitative estimate of drug-likeness (QED) is 0.490. The Morgan fingerprint density at radius 2 is 1.72 bits per heavy atom. The Hall–Kier alpha value is -3.12. The van der Waals surface area contributed by atoms with E-state index in [2.05, 4.69) is 38.0 Å². The average Bonchev–Trinajstić information content (AvgIpc) is 2.71. The number of hydrogen-bond acceptors (Lipinski definition) is 4. The topological polar surface area (TPSA) is 69.3 Å². The van der Waals surface area contributed by atoms with Crippen molar-refractivity contribution in [3.63, 3.8) is 0 Å². The molecule has 3 N–H and O–H groups in total. The van der Waals surface area contributed by atoms with Crippen LogP contribution in [0.1, 0.15) is 5.56 Å². The van der Waals surface area contributed by atoms with Crippen LogP contribution in [-0.2, 0) is 6.42 Å². The van der Waals surface area contributed by atoms with Crippen molar-refractivity contribution in [2.45, 2.75) is 12.5 Å². The Balaban J connectivity index is 1.44. The van der Waals surface area contributed by atoms with E-state index >= 15 is 0 Å². The number of fused-ring (bicyclic) bond motifs is 1. The Kier molecular flexibility index (Phi) is 7.41. The number of amides is 2. The Bertz CT molecular complexity index is 913. The van der Waals surface area contributed by atoms with Crippen molar-refractivity contribution in [2.75, 3.05) is 39.0 Å². The standard InChI is InChI=1S/C23H29N5O/c1-28(2)17-20(16-18-8-4-3-5-9-18)26-23(29)25-15-14-24-22-13-12-19-10-6-7-11-21(19)27-22/h3-13,20H,14-17H2,1-2H3,(H,24,27)(H2,25,26,29). The van der Waals surface area contributed by atoms with Gasteiger partial charge in [-0.3, -0.25) is 0 Å². The van der Waals surface area contributed by atoms with E-state index < -0.39 is 0 Å². The predicted octanol–water partition coefficient (Wildman–Crippen LogP) is 3.12. The van der Waals surface area contributed by atoms with Gasteiger partial charge in [0, 0.05) is 31.1 Å². The minimum atomic E-state index is -0.152. The molecule has 2 amide bonds. The molecule has 1 unspecified atom stereocenters. The first-order valence-corrected chi connectivity index (χ1v) is 9.93. The number of hydrogen-bond donors (Lipinski definition) is 3. The average molecular weight is 392 g/mol. The summed E-state index contributed by atoms with van der Waals surface area (Å²) in [6.07, 6.45) is 0.797. The highest BCUT2D eigenvalue weighted by molar-refractivity contribution is 5.80. The molecule has 0 aliphatic carbocycles. The summed E-state index contributed by atoms with van der Waals surface area (Å²) in [7, 11) is 4.02. The molecule has 0 radical (unpaired) electrons. The minimum Gasteiger partial charge on any atom is -0.368 e. The number of carbonyl (C=O) groups excluding carboxylic acids is 1. The summed E-state index contributed by atoms with van der Waals surface area (Å²) in [5.41, 5.74) is 2.17. The summed E-state index contributed by atoms with van der Waals surface area (Å²) in [5.74, 6) is 0.806. The van der Waals surface area contributed by atoms with Crippen LogP contribution >= 0.6 is 0 Å².